The van der Waals surface area contributed by atoms with Crippen LogP contribution >= 0.6 is 0 Å². The Morgan fingerprint density at radius 2 is 2.00 bits per heavy atom. The Bertz CT molecular complexity index is 671. The molecule has 0 radical (unpaired) electrons. The number of carbonyl (C=O) groups excluding carboxylic acids is 1. The molecule has 0 aromatic heterocycles. The molecule has 4 nitrogen and oxygen atoms in total. The first-order valence-electron chi connectivity index (χ1n) is 6.59. The maximum Gasteiger partial charge on any atom is 0.340 e. The van der Waals surface area contributed by atoms with E-state index in [0.29, 0.717) is 0 Å². The molecule has 0 amide bonds. The molecule has 0 heterocycles. The lowest BCUT2D eigenvalue weighted by molar-refractivity contribution is 0.0602. The molecule has 2 rings (SSSR count). The average molecular weight is 288 g/mol. The highest BCUT2D eigenvalue weighted by Crippen LogP contribution is 2.27. The standard InChI is InChI=1S/C16H17FN2O2/c1-3-10-6-4-5-7-14(10)19-15-8-11(16(20)21-2)13(18)9-12(15)17/h4-9,19H,3,18H2,1-2H3. The second-order valence-electron chi connectivity index (χ2n) is 4.55. The molecule has 0 fully saturated rings. The molecule has 0 bridgehead atoms. The van der Waals surface area contributed by atoms with Gasteiger partial charge in [0.05, 0.1) is 18.4 Å². The van der Waals surface area contributed by atoms with E-state index in [1.165, 1.54) is 13.2 Å². The third-order valence-electron chi connectivity index (χ3n) is 3.21. The number of halogens is 1. The van der Waals surface area contributed by atoms with Crippen LogP contribution in [0.1, 0.15) is 22.8 Å². The van der Waals surface area contributed by atoms with E-state index in [0.717, 1.165) is 23.7 Å². The number of ether oxygens (including phenoxy) is 1. The van der Waals surface area contributed by atoms with Gasteiger partial charge < -0.3 is 15.8 Å². The molecule has 0 aliphatic heterocycles. The van der Waals surface area contributed by atoms with Crippen LogP contribution in [0.4, 0.5) is 21.5 Å². The molecule has 110 valence electrons. The van der Waals surface area contributed by atoms with E-state index < -0.39 is 11.8 Å². The quantitative estimate of drug-likeness (QED) is 0.667. The predicted molar refractivity (Wildman–Crippen MR) is 81.3 cm³/mol. The van der Waals surface area contributed by atoms with E-state index in [4.69, 9.17) is 5.73 Å². The number of nitrogens with one attached hydrogen (secondary N) is 1. The molecule has 0 saturated carbocycles. The zero-order chi connectivity index (χ0) is 15.4. The van der Waals surface area contributed by atoms with E-state index in [1.54, 1.807) is 0 Å². The second kappa shape index (κ2) is 6.26. The highest BCUT2D eigenvalue weighted by Gasteiger charge is 2.15. The van der Waals surface area contributed by atoms with Crippen molar-refractivity contribution in [1.82, 2.24) is 0 Å². The van der Waals surface area contributed by atoms with Gasteiger partial charge in [0.15, 0.2) is 0 Å². The molecule has 2 aromatic carbocycles. The maximum atomic E-state index is 14.0. The normalized spacial score (nSPS) is 10.2. The van der Waals surface area contributed by atoms with E-state index >= 15 is 0 Å². The summed E-state index contributed by atoms with van der Waals surface area (Å²) in [5.41, 5.74) is 7.86. The lowest BCUT2D eigenvalue weighted by Gasteiger charge is -2.13. The minimum Gasteiger partial charge on any atom is -0.465 e. The number of hydrogen-bond acceptors (Lipinski definition) is 4. The van der Waals surface area contributed by atoms with Crippen LogP contribution in [0.3, 0.4) is 0 Å². The number of para-hydroxylation sites is 1. The Morgan fingerprint density at radius 1 is 1.29 bits per heavy atom. The summed E-state index contributed by atoms with van der Waals surface area (Å²) in [6, 6.07) is 10.1. The average Bonchev–Trinajstić information content (AvgIpc) is 2.49. The molecular weight excluding hydrogens is 271 g/mol. The molecule has 0 atom stereocenters. The summed E-state index contributed by atoms with van der Waals surface area (Å²) in [4.78, 5) is 11.6. The summed E-state index contributed by atoms with van der Waals surface area (Å²) < 4.78 is 18.7. The molecule has 0 aliphatic rings. The van der Waals surface area contributed by atoms with Gasteiger partial charge in [0.25, 0.3) is 0 Å². The summed E-state index contributed by atoms with van der Waals surface area (Å²) in [7, 11) is 1.25. The Labute approximate surface area is 122 Å². The number of nitrogens with two attached hydrogens (primary N) is 1. The highest BCUT2D eigenvalue weighted by molar-refractivity contribution is 5.96. The van der Waals surface area contributed by atoms with Crippen molar-refractivity contribution in [3.63, 3.8) is 0 Å². The van der Waals surface area contributed by atoms with Gasteiger partial charge in [-0.15, -0.1) is 0 Å². The molecule has 3 N–H and O–H groups in total. The van der Waals surface area contributed by atoms with E-state index in [9.17, 15) is 9.18 Å². The van der Waals surface area contributed by atoms with Crippen LogP contribution in [0.25, 0.3) is 0 Å². The first kappa shape index (κ1) is 14.8. The SMILES string of the molecule is CCc1ccccc1Nc1cc(C(=O)OC)c(N)cc1F. The van der Waals surface area contributed by atoms with Crippen molar-refractivity contribution in [2.24, 2.45) is 0 Å². The molecule has 2 aromatic rings. The van der Waals surface area contributed by atoms with Crippen LogP contribution in [0.2, 0.25) is 0 Å². The van der Waals surface area contributed by atoms with E-state index in [2.05, 4.69) is 10.1 Å². The van der Waals surface area contributed by atoms with Gasteiger partial charge in [-0.25, -0.2) is 9.18 Å². The number of aryl methyl sites for hydroxylation is 1. The Hall–Kier alpha value is -2.56. The third-order valence-corrected chi connectivity index (χ3v) is 3.21. The number of hydrogen-bond donors (Lipinski definition) is 2. The van der Waals surface area contributed by atoms with Gasteiger partial charge in [0.2, 0.25) is 0 Å². The van der Waals surface area contributed by atoms with Crippen LogP contribution < -0.4 is 11.1 Å². The number of rotatable bonds is 4. The van der Waals surface area contributed by atoms with Gasteiger partial charge in [-0.1, -0.05) is 25.1 Å². The molecule has 5 heteroatoms. The summed E-state index contributed by atoms with van der Waals surface area (Å²) >= 11 is 0. The molecule has 21 heavy (non-hydrogen) atoms. The predicted octanol–water partition coefficient (Wildman–Crippen LogP) is 3.50. The largest absolute Gasteiger partial charge is 0.465 e. The first-order valence-corrected chi connectivity index (χ1v) is 6.59. The van der Waals surface area contributed by atoms with E-state index in [1.807, 2.05) is 31.2 Å². The van der Waals surface area contributed by atoms with Crippen molar-refractivity contribution in [1.29, 1.82) is 0 Å². The van der Waals surface area contributed by atoms with Gasteiger partial charge in [-0.2, -0.15) is 0 Å². The van der Waals surface area contributed by atoms with Crippen molar-refractivity contribution >= 4 is 23.0 Å². The zero-order valence-corrected chi connectivity index (χ0v) is 11.9. The Morgan fingerprint density at radius 3 is 2.67 bits per heavy atom. The van der Waals surface area contributed by atoms with Crippen molar-refractivity contribution in [2.45, 2.75) is 13.3 Å². The highest BCUT2D eigenvalue weighted by atomic mass is 19.1. The van der Waals surface area contributed by atoms with Crippen LogP contribution in [0.15, 0.2) is 36.4 Å². The number of nitrogen functional groups attached to an aromatic ring is 1. The van der Waals surface area contributed by atoms with E-state index in [-0.39, 0.29) is 16.9 Å². The van der Waals surface area contributed by atoms with Crippen molar-refractivity contribution < 1.29 is 13.9 Å². The van der Waals surface area contributed by atoms with Gasteiger partial charge in [-0.3, -0.25) is 0 Å². The maximum absolute atomic E-state index is 14.0. The van der Waals surface area contributed by atoms with Crippen LogP contribution in [0, 0.1) is 5.82 Å². The summed E-state index contributed by atoms with van der Waals surface area (Å²) in [6.45, 7) is 2.01. The molecule has 0 unspecified atom stereocenters. The third kappa shape index (κ3) is 3.13. The van der Waals surface area contributed by atoms with Gasteiger partial charge in [0.1, 0.15) is 5.82 Å². The zero-order valence-electron chi connectivity index (χ0n) is 11.9. The molecule has 0 saturated heterocycles. The Kier molecular flexibility index (Phi) is 4.42. The summed E-state index contributed by atoms with van der Waals surface area (Å²) in [5.74, 6) is -1.12. The fraction of sp³-hybridized carbons (Fsp3) is 0.188. The van der Waals surface area contributed by atoms with Gasteiger partial charge in [-0.05, 0) is 30.2 Å². The van der Waals surface area contributed by atoms with Crippen LogP contribution in [-0.4, -0.2) is 13.1 Å². The Balaban J connectivity index is 2.42. The van der Waals surface area contributed by atoms with Gasteiger partial charge >= 0.3 is 5.97 Å². The fourth-order valence-electron chi connectivity index (χ4n) is 2.07. The monoisotopic (exact) mass is 288 g/mol. The topological polar surface area (TPSA) is 64.3 Å². The summed E-state index contributed by atoms with van der Waals surface area (Å²) in [5, 5.41) is 3.00. The summed E-state index contributed by atoms with van der Waals surface area (Å²) in [6.07, 6.45) is 0.809. The number of carbonyl (C=O) groups is 1. The number of anilines is 3. The molecule has 0 aliphatic carbocycles. The minimum atomic E-state index is -0.598. The lowest BCUT2D eigenvalue weighted by Crippen LogP contribution is -2.08. The van der Waals surface area contributed by atoms with Crippen LogP contribution in [-0.2, 0) is 11.2 Å². The number of benzene rings is 2. The smallest absolute Gasteiger partial charge is 0.340 e. The number of esters is 1. The minimum absolute atomic E-state index is 0.0497. The van der Waals surface area contributed by atoms with Crippen molar-refractivity contribution in [3.05, 3.63) is 53.3 Å². The van der Waals surface area contributed by atoms with Crippen molar-refractivity contribution in [2.75, 3.05) is 18.2 Å². The molecule has 0 spiro atoms. The van der Waals surface area contributed by atoms with Crippen LogP contribution in [0.5, 0.6) is 0 Å². The molecular formula is C16H17FN2O2. The number of methoxy groups -OCH3 is 1. The van der Waals surface area contributed by atoms with Crippen molar-refractivity contribution in [3.8, 4) is 0 Å². The second-order valence-corrected chi connectivity index (χ2v) is 4.55. The van der Waals surface area contributed by atoms with Gasteiger partial charge in [0, 0.05) is 11.4 Å². The first-order chi connectivity index (χ1) is 10.1. The lowest BCUT2D eigenvalue weighted by atomic mass is 10.1. The fourth-order valence-corrected chi connectivity index (χ4v) is 2.07.